The number of hydrogen-bond acceptors (Lipinski definition) is 6. The lowest BCUT2D eigenvalue weighted by Gasteiger charge is -2.19. The molecule has 1 saturated heterocycles. The summed E-state index contributed by atoms with van der Waals surface area (Å²) in [5.74, 6) is 2.97. The van der Waals surface area contributed by atoms with E-state index in [9.17, 15) is 9.59 Å². The topological polar surface area (TPSA) is 73.9 Å². The number of amides is 2. The summed E-state index contributed by atoms with van der Waals surface area (Å²) in [6.07, 6.45) is 3.66. The van der Waals surface area contributed by atoms with E-state index in [1.807, 2.05) is 66.7 Å². The van der Waals surface area contributed by atoms with E-state index in [0.29, 0.717) is 13.2 Å². The van der Waals surface area contributed by atoms with Gasteiger partial charge in [-0.15, -0.1) is 0 Å². The Morgan fingerprint density at radius 3 is 2.19 bits per heavy atom. The zero-order valence-electron chi connectivity index (χ0n) is 20.6. The SMILES string of the molecule is CCCc1cc(Oc2ccccc2)ccc1OCCCCOc1ccc(C2(C)SC(=O)NC2=O)cc1. The Hall–Kier alpha value is -3.45. The molecule has 1 heterocycles. The average molecular weight is 506 g/mol. The monoisotopic (exact) mass is 505 g/mol. The Bertz CT molecular complexity index is 1180. The van der Waals surface area contributed by atoms with Gasteiger partial charge in [0.15, 0.2) is 0 Å². The molecule has 0 saturated carbocycles. The Kier molecular flexibility index (Phi) is 8.54. The molecule has 1 fully saturated rings. The summed E-state index contributed by atoms with van der Waals surface area (Å²) in [7, 11) is 0. The molecule has 3 aromatic carbocycles. The van der Waals surface area contributed by atoms with Gasteiger partial charge in [-0.3, -0.25) is 14.9 Å². The lowest BCUT2D eigenvalue weighted by Crippen LogP contribution is -2.31. The second-order valence-corrected chi connectivity index (χ2v) is 10.1. The molecule has 6 nitrogen and oxygen atoms in total. The molecule has 0 aromatic heterocycles. The lowest BCUT2D eigenvalue weighted by molar-refractivity contribution is -0.121. The highest BCUT2D eigenvalue weighted by Crippen LogP contribution is 2.41. The summed E-state index contributed by atoms with van der Waals surface area (Å²) in [5, 5.41) is 2.03. The van der Waals surface area contributed by atoms with Crippen LogP contribution in [0.25, 0.3) is 0 Å². The number of carbonyl (C=O) groups is 2. The van der Waals surface area contributed by atoms with Crippen molar-refractivity contribution in [3.05, 3.63) is 83.9 Å². The van der Waals surface area contributed by atoms with Gasteiger partial charge < -0.3 is 14.2 Å². The van der Waals surface area contributed by atoms with E-state index >= 15 is 0 Å². The molecule has 1 N–H and O–H groups in total. The third-order valence-electron chi connectivity index (χ3n) is 5.95. The molecule has 1 aliphatic rings. The summed E-state index contributed by atoms with van der Waals surface area (Å²) >= 11 is 1.00. The highest BCUT2D eigenvalue weighted by atomic mass is 32.2. The Morgan fingerprint density at radius 1 is 0.833 bits per heavy atom. The van der Waals surface area contributed by atoms with E-state index in [4.69, 9.17) is 14.2 Å². The summed E-state index contributed by atoms with van der Waals surface area (Å²) < 4.78 is 17.0. The van der Waals surface area contributed by atoms with Crippen molar-refractivity contribution in [2.24, 2.45) is 0 Å². The van der Waals surface area contributed by atoms with Crippen LogP contribution in [0.5, 0.6) is 23.0 Å². The van der Waals surface area contributed by atoms with Gasteiger partial charge in [0, 0.05) is 0 Å². The van der Waals surface area contributed by atoms with Crippen LogP contribution in [0.3, 0.4) is 0 Å². The van der Waals surface area contributed by atoms with E-state index in [2.05, 4.69) is 18.3 Å². The predicted octanol–water partition coefficient (Wildman–Crippen LogP) is 6.87. The molecule has 0 spiro atoms. The van der Waals surface area contributed by atoms with Crippen LogP contribution >= 0.6 is 11.8 Å². The number of thioether (sulfide) groups is 1. The standard InChI is InChI=1S/C29H31NO5S/c1-3-9-21-20-25(35-24-10-5-4-6-11-24)16-17-26(21)34-19-8-7-18-33-23-14-12-22(13-15-23)29(2)27(31)30-28(32)36-29/h4-6,10-17,20H,3,7-9,18-19H2,1-2H3,(H,30,31,32). The number of rotatable bonds is 12. The quantitative estimate of drug-likeness (QED) is 0.271. The van der Waals surface area contributed by atoms with Crippen LogP contribution in [-0.2, 0) is 16.0 Å². The maximum atomic E-state index is 12.1. The number of nitrogens with one attached hydrogen (secondary N) is 1. The first-order valence-corrected chi connectivity index (χ1v) is 13.1. The van der Waals surface area contributed by atoms with Crippen molar-refractivity contribution in [2.75, 3.05) is 13.2 Å². The number of benzene rings is 3. The number of hydrogen-bond donors (Lipinski definition) is 1. The number of imide groups is 1. The normalized spacial score (nSPS) is 17.1. The van der Waals surface area contributed by atoms with Crippen molar-refractivity contribution in [3.8, 4) is 23.0 Å². The zero-order valence-corrected chi connectivity index (χ0v) is 21.4. The highest BCUT2D eigenvalue weighted by molar-refractivity contribution is 8.15. The number of ether oxygens (including phenoxy) is 3. The highest BCUT2D eigenvalue weighted by Gasteiger charge is 2.45. The Labute approximate surface area is 216 Å². The third-order valence-corrected chi connectivity index (χ3v) is 7.06. The lowest BCUT2D eigenvalue weighted by atomic mass is 9.99. The van der Waals surface area contributed by atoms with Crippen LogP contribution in [-0.4, -0.2) is 24.4 Å². The fraction of sp³-hybridized carbons (Fsp3) is 0.310. The summed E-state index contributed by atoms with van der Waals surface area (Å²) in [6.45, 7) is 5.08. The number of carbonyl (C=O) groups excluding carboxylic acids is 2. The minimum atomic E-state index is -0.893. The van der Waals surface area contributed by atoms with Crippen LogP contribution in [0.15, 0.2) is 72.8 Å². The molecule has 0 radical (unpaired) electrons. The van der Waals surface area contributed by atoms with Crippen LogP contribution in [0, 0.1) is 0 Å². The van der Waals surface area contributed by atoms with E-state index in [-0.39, 0.29) is 11.1 Å². The smallest absolute Gasteiger partial charge is 0.287 e. The Morgan fingerprint density at radius 2 is 1.53 bits per heavy atom. The van der Waals surface area contributed by atoms with Crippen LogP contribution in [0.4, 0.5) is 4.79 Å². The van der Waals surface area contributed by atoms with Gasteiger partial charge in [0.25, 0.3) is 5.24 Å². The predicted molar refractivity (Wildman–Crippen MR) is 142 cm³/mol. The minimum Gasteiger partial charge on any atom is -0.494 e. The molecule has 0 bridgehead atoms. The van der Waals surface area contributed by atoms with Gasteiger partial charge in [0.2, 0.25) is 5.91 Å². The molecular formula is C29H31NO5S. The molecule has 4 rings (SSSR count). The molecule has 0 aliphatic carbocycles. The largest absolute Gasteiger partial charge is 0.494 e. The summed E-state index contributed by atoms with van der Waals surface area (Å²) in [6, 6.07) is 23.1. The first-order valence-electron chi connectivity index (χ1n) is 12.2. The van der Waals surface area contributed by atoms with Gasteiger partial charge in [0.05, 0.1) is 13.2 Å². The van der Waals surface area contributed by atoms with Gasteiger partial charge in [-0.25, -0.2) is 0 Å². The molecule has 2 amide bonds. The zero-order chi connectivity index (χ0) is 25.4. The molecule has 7 heteroatoms. The van der Waals surface area contributed by atoms with Crippen molar-refractivity contribution in [2.45, 2.75) is 44.3 Å². The molecular weight excluding hydrogens is 474 g/mol. The molecule has 1 atom stereocenters. The van der Waals surface area contributed by atoms with Crippen molar-refractivity contribution >= 4 is 22.9 Å². The summed E-state index contributed by atoms with van der Waals surface area (Å²) in [5.41, 5.74) is 1.92. The van der Waals surface area contributed by atoms with Gasteiger partial charge in [-0.05, 0) is 91.5 Å². The van der Waals surface area contributed by atoms with Crippen LogP contribution < -0.4 is 19.5 Å². The molecule has 36 heavy (non-hydrogen) atoms. The minimum absolute atomic E-state index is 0.286. The van der Waals surface area contributed by atoms with Crippen molar-refractivity contribution in [3.63, 3.8) is 0 Å². The average Bonchev–Trinajstić information content (AvgIpc) is 3.15. The van der Waals surface area contributed by atoms with E-state index in [1.54, 1.807) is 6.92 Å². The number of unbranched alkanes of at least 4 members (excludes halogenated alkanes) is 1. The van der Waals surface area contributed by atoms with Crippen molar-refractivity contribution in [1.82, 2.24) is 5.32 Å². The van der Waals surface area contributed by atoms with Gasteiger partial charge >= 0.3 is 0 Å². The van der Waals surface area contributed by atoms with E-state index in [1.165, 1.54) is 0 Å². The number of aryl methyl sites for hydroxylation is 1. The first-order chi connectivity index (χ1) is 17.5. The van der Waals surface area contributed by atoms with E-state index < -0.39 is 4.75 Å². The molecule has 1 unspecified atom stereocenters. The van der Waals surface area contributed by atoms with Crippen molar-refractivity contribution in [1.29, 1.82) is 0 Å². The van der Waals surface area contributed by atoms with Gasteiger partial charge in [-0.1, -0.05) is 43.7 Å². The van der Waals surface area contributed by atoms with Gasteiger partial charge in [0.1, 0.15) is 27.7 Å². The van der Waals surface area contributed by atoms with Crippen LogP contribution in [0.2, 0.25) is 0 Å². The maximum absolute atomic E-state index is 12.1. The maximum Gasteiger partial charge on any atom is 0.287 e. The van der Waals surface area contributed by atoms with E-state index in [0.717, 1.165) is 71.6 Å². The molecule has 3 aromatic rings. The van der Waals surface area contributed by atoms with Crippen molar-refractivity contribution < 1.29 is 23.8 Å². The fourth-order valence-corrected chi connectivity index (χ4v) is 4.87. The molecule has 1 aliphatic heterocycles. The third kappa shape index (κ3) is 6.40. The summed E-state index contributed by atoms with van der Waals surface area (Å²) in [4.78, 5) is 23.7. The fourth-order valence-electron chi connectivity index (χ4n) is 3.95. The first kappa shape index (κ1) is 25.6. The van der Waals surface area contributed by atoms with Crippen LogP contribution in [0.1, 0.15) is 44.2 Å². The molecule has 188 valence electrons. The number of para-hydroxylation sites is 1. The van der Waals surface area contributed by atoms with Gasteiger partial charge in [-0.2, -0.15) is 0 Å². The second kappa shape index (κ2) is 12.0. The Balaban J connectivity index is 1.21. The second-order valence-electron chi connectivity index (χ2n) is 8.74.